The Morgan fingerprint density at radius 1 is 1.17 bits per heavy atom. The number of hydrazone groups is 1. The Morgan fingerprint density at radius 2 is 1.97 bits per heavy atom. The van der Waals surface area contributed by atoms with E-state index in [0.717, 1.165) is 17.3 Å². The van der Waals surface area contributed by atoms with Crippen LogP contribution < -0.4 is 16.6 Å². The fourth-order valence-corrected chi connectivity index (χ4v) is 3.40. The van der Waals surface area contributed by atoms with Crippen LogP contribution in [0.1, 0.15) is 5.56 Å². The highest BCUT2D eigenvalue weighted by Crippen LogP contribution is 2.26. The van der Waals surface area contributed by atoms with E-state index in [4.69, 9.17) is 40.6 Å². The lowest BCUT2D eigenvalue weighted by atomic mass is 10.2. The van der Waals surface area contributed by atoms with Crippen LogP contribution in [0.25, 0.3) is 0 Å². The first kappa shape index (κ1) is 21.3. The van der Waals surface area contributed by atoms with Crippen LogP contribution in [-0.4, -0.2) is 32.7 Å². The Bertz CT molecular complexity index is 1060. The van der Waals surface area contributed by atoms with Gasteiger partial charge in [-0.05, 0) is 24.3 Å². The van der Waals surface area contributed by atoms with Gasteiger partial charge in [-0.2, -0.15) is 5.10 Å². The first-order chi connectivity index (χ1) is 13.9. The molecule has 0 atom stereocenters. The van der Waals surface area contributed by atoms with Crippen molar-refractivity contribution in [2.45, 2.75) is 5.16 Å². The van der Waals surface area contributed by atoms with Crippen LogP contribution in [0.2, 0.25) is 15.1 Å². The molecule has 0 fully saturated rings. The molecule has 150 valence electrons. The Morgan fingerprint density at radius 3 is 2.72 bits per heavy atom. The topological polar surface area (TPSA) is 110 Å². The normalized spacial score (nSPS) is 11.0. The van der Waals surface area contributed by atoms with E-state index in [2.05, 4.69) is 26.0 Å². The third-order valence-electron chi connectivity index (χ3n) is 3.48. The van der Waals surface area contributed by atoms with Crippen LogP contribution in [0.3, 0.4) is 0 Å². The molecule has 0 saturated heterocycles. The van der Waals surface area contributed by atoms with Crippen molar-refractivity contribution in [3.05, 3.63) is 63.1 Å². The molecule has 8 nitrogen and oxygen atoms in total. The molecule has 4 N–H and O–H groups in total. The number of carbonyl (C=O) groups excluding carboxylic acids is 1. The van der Waals surface area contributed by atoms with E-state index in [1.165, 1.54) is 10.9 Å². The quantitative estimate of drug-likeness (QED) is 0.207. The van der Waals surface area contributed by atoms with Crippen LogP contribution in [0.5, 0.6) is 0 Å². The highest BCUT2D eigenvalue weighted by molar-refractivity contribution is 7.99. The lowest BCUT2D eigenvalue weighted by molar-refractivity contribution is -0.113. The molecule has 0 spiro atoms. The number of nitrogens with two attached hydrogens (primary N) is 1. The molecule has 0 aliphatic carbocycles. The second-order valence-electron chi connectivity index (χ2n) is 5.53. The molecule has 2 aromatic carbocycles. The molecule has 0 aliphatic rings. The minimum Gasteiger partial charge on any atom is -0.334 e. The summed E-state index contributed by atoms with van der Waals surface area (Å²) in [5.41, 5.74) is 3.88. The van der Waals surface area contributed by atoms with Crippen molar-refractivity contribution in [2.24, 2.45) is 5.10 Å². The standard InChI is InChI=1S/C17H14Cl3N7OS/c18-11-5-6-14(13(20)7-11)23-15(28)9-29-17-26-25-16(27(17)21)24-22-8-10-3-1-2-4-12(10)19/h1-8H,9,21H2,(H,23,28)(H,24,25)/b22-8+. The van der Waals surface area contributed by atoms with Crippen molar-refractivity contribution >= 4 is 70.3 Å². The molecule has 0 aliphatic heterocycles. The Labute approximate surface area is 185 Å². The fraction of sp³-hybridized carbons (Fsp3) is 0.0588. The second kappa shape index (κ2) is 9.84. The Kier molecular flexibility index (Phi) is 7.21. The number of benzene rings is 2. The Balaban J connectivity index is 1.55. The maximum absolute atomic E-state index is 12.1. The number of hydrogen-bond donors (Lipinski definition) is 3. The molecule has 1 amide bonds. The average Bonchev–Trinajstić information content (AvgIpc) is 3.04. The van der Waals surface area contributed by atoms with E-state index in [9.17, 15) is 4.79 Å². The van der Waals surface area contributed by atoms with E-state index < -0.39 is 0 Å². The van der Waals surface area contributed by atoms with Crippen molar-refractivity contribution in [1.29, 1.82) is 0 Å². The van der Waals surface area contributed by atoms with Gasteiger partial charge in [0, 0.05) is 15.6 Å². The van der Waals surface area contributed by atoms with Gasteiger partial charge < -0.3 is 11.2 Å². The van der Waals surface area contributed by atoms with Crippen molar-refractivity contribution in [2.75, 3.05) is 22.3 Å². The summed E-state index contributed by atoms with van der Waals surface area (Å²) >= 11 is 19.0. The van der Waals surface area contributed by atoms with Crippen molar-refractivity contribution in [3.63, 3.8) is 0 Å². The summed E-state index contributed by atoms with van der Waals surface area (Å²) in [7, 11) is 0. The van der Waals surface area contributed by atoms with Crippen molar-refractivity contribution in [1.82, 2.24) is 14.9 Å². The summed E-state index contributed by atoms with van der Waals surface area (Å²) in [6, 6.07) is 12.0. The van der Waals surface area contributed by atoms with Gasteiger partial charge in [-0.1, -0.05) is 64.8 Å². The summed E-state index contributed by atoms with van der Waals surface area (Å²) < 4.78 is 1.19. The van der Waals surface area contributed by atoms with Gasteiger partial charge in [0.05, 0.1) is 22.7 Å². The number of nitrogens with zero attached hydrogens (tertiary/aromatic N) is 4. The molecular formula is C17H14Cl3N7OS. The monoisotopic (exact) mass is 469 g/mol. The number of carbonyl (C=O) groups is 1. The summed E-state index contributed by atoms with van der Waals surface area (Å²) in [5, 5.41) is 16.3. The van der Waals surface area contributed by atoms with Gasteiger partial charge in [0.1, 0.15) is 0 Å². The van der Waals surface area contributed by atoms with Crippen LogP contribution >= 0.6 is 46.6 Å². The molecule has 3 aromatic rings. The minimum atomic E-state index is -0.284. The van der Waals surface area contributed by atoms with Gasteiger partial charge in [0.2, 0.25) is 11.1 Å². The third kappa shape index (κ3) is 5.77. The largest absolute Gasteiger partial charge is 0.334 e. The number of hydrogen-bond acceptors (Lipinski definition) is 7. The number of amides is 1. The van der Waals surface area contributed by atoms with Crippen molar-refractivity contribution < 1.29 is 4.79 Å². The lowest BCUT2D eigenvalue weighted by Crippen LogP contribution is -2.17. The summed E-state index contributed by atoms with van der Waals surface area (Å²) in [6.45, 7) is 0. The number of anilines is 2. The molecule has 12 heteroatoms. The molecule has 1 heterocycles. The lowest BCUT2D eigenvalue weighted by Gasteiger charge is -2.07. The zero-order valence-electron chi connectivity index (χ0n) is 14.6. The SMILES string of the molecule is Nn1c(N/N=C/c2ccccc2Cl)nnc1SCC(=O)Nc1ccc(Cl)cc1Cl. The average molecular weight is 471 g/mol. The van der Waals surface area contributed by atoms with Crippen LogP contribution in [0.4, 0.5) is 11.6 Å². The van der Waals surface area contributed by atoms with E-state index >= 15 is 0 Å². The van der Waals surface area contributed by atoms with Gasteiger partial charge in [-0.3, -0.25) is 4.79 Å². The third-order valence-corrected chi connectivity index (χ3v) is 5.31. The number of nitrogen functional groups attached to an aromatic ring is 1. The molecule has 0 radical (unpaired) electrons. The predicted molar refractivity (Wildman–Crippen MR) is 119 cm³/mol. The molecule has 0 bridgehead atoms. The predicted octanol–water partition coefficient (Wildman–Crippen LogP) is 4.13. The Hall–Kier alpha value is -2.46. The van der Waals surface area contributed by atoms with Crippen molar-refractivity contribution in [3.8, 4) is 0 Å². The molecular weight excluding hydrogens is 457 g/mol. The number of nitrogens with one attached hydrogen (secondary N) is 2. The smallest absolute Gasteiger partial charge is 0.264 e. The summed E-state index contributed by atoms with van der Waals surface area (Å²) in [4.78, 5) is 12.1. The number of thioether (sulfide) groups is 1. The second-order valence-corrected chi connectivity index (χ2v) is 7.72. The highest BCUT2D eigenvalue weighted by atomic mass is 35.5. The van der Waals surface area contributed by atoms with E-state index in [1.54, 1.807) is 24.3 Å². The first-order valence-corrected chi connectivity index (χ1v) is 10.2. The van der Waals surface area contributed by atoms with Gasteiger partial charge in [-0.25, -0.2) is 10.1 Å². The summed E-state index contributed by atoms with van der Waals surface area (Å²) in [6.07, 6.45) is 1.53. The molecule has 3 rings (SSSR count). The maximum Gasteiger partial charge on any atom is 0.264 e. The molecule has 0 saturated carbocycles. The zero-order chi connectivity index (χ0) is 20.8. The maximum atomic E-state index is 12.1. The van der Waals surface area contributed by atoms with E-state index in [-0.39, 0.29) is 17.6 Å². The fourth-order valence-electron chi connectivity index (χ4n) is 2.10. The number of halogens is 3. The molecule has 0 unspecified atom stereocenters. The van der Waals surface area contributed by atoms with E-state index in [0.29, 0.717) is 25.9 Å². The van der Waals surface area contributed by atoms with Gasteiger partial charge >= 0.3 is 0 Å². The van der Waals surface area contributed by atoms with Gasteiger partial charge in [0.25, 0.3) is 5.95 Å². The highest BCUT2D eigenvalue weighted by Gasteiger charge is 2.13. The first-order valence-electron chi connectivity index (χ1n) is 8.06. The van der Waals surface area contributed by atoms with Gasteiger partial charge in [-0.15, -0.1) is 10.2 Å². The molecule has 1 aromatic heterocycles. The number of rotatable bonds is 7. The minimum absolute atomic E-state index is 0.0528. The zero-order valence-corrected chi connectivity index (χ0v) is 17.7. The molecule has 29 heavy (non-hydrogen) atoms. The van der Waals surface area contributed by atoms with Gasteiger partial charge in [0.15, 0.2) is 0 Å². The van der Waals surface area contributed by atoms with Crippen LogP contribution in [-0.2, 0) is 4.79 Å². The van der Waals surface area contributed by atoms with Crippen LogP contribution in [0, 0.1) is 0 Å². The van der Waals surface area contributed by atoms with Crippen LogP contribution in [0.15, 0.2) is 52.7 Å². The van der Waals surface area contributed by atoms with E-state index in [1.807, 2.05) is 18.2 Å². The summed E-state index contributed by atoms with van der Waals surface area (Å²) in [5.74, 6) is 5.91. The number of aromatic nitrogens is 3.